The van der Waals surface area contributed by atoms with E-state index in [1.807, 2.05) is 6.07 Å². The third-order valence-electron chi connectivity index (χ3n) is 3.46. The molecule has 0 aliphatic rings. The molecule has 0 atom stereocenters. The molecule has 0 spiro atoms. The van der Waals surface area contributed by atoms with E-state index < -0.39 is 11.7 Å². The van der Waals surface area contributed by atoms with Gasteiger partial charge in [-0.15, -0.1) is 24.0 Å². The van der Waals surface area contributed by atoms with E-state index in [-0.39, 0.29) is 24.0 Å². The Morgan fingerprint density at radius 3 is 2.27 bits per heavy atom. The molecule has 0 unspecified atom stereocenters. The van der Waals surface area contributed by atoms with Crippen LogP contribution < -0.4 is 10.6 Å². The number of aromatic nitrogens is 1. The van der Waals surface area contributed by atoms with Crippen LogP contribution in [-0.4, -0.2) is 24.5 Å². The summed E-state index contributed by atoms with van der Waals surface area (Å²) in [5.74, 6) is 0.571. The fourth-order valence-corrected chi connectivity index (χ4v) is 2.21. The molecule has 0 bridgehead atoms. The van der Waals surface area contributed by atoms with Crippen molar-refractivity contribution in [1.82, 2.24) is 15.6 Å². The van der Waals surface area contributed by atoms with Gasteiger partial charge in [0.05, 0.1) is 5.56 Å². The van der Waals surface area contributed by atoms with Gasteiger partial charge in [-0.05, 0) is 35.7 Å². The summed E-state index contributed by atoms with van der Waals surface area (Å²) in [6.07, 6.45) is -1.87. The highest BCUT2D eigenvalue weighted by Crippen LogP contribution is 2.28. The zero-order valence-electron chi connectivity index (χ0n) is 14.0. The Morgan fingerprint density at radius 2 is 1.73 bits per heavy atom. The number of nitrogens with one attached hydrogen (secondary N) is 2. The number of hydrogen-bond acceptors (Lipinski definition) is 2. The van der Waals surface area contributed by atoms with E-state index in [4.69, 9.17) is 11.6 Å². The maximum Gasteiger partial charge on any atom is 0.416 e. The van der Waals surface area contributed by atoms with Crippen LogP contribution in [0.1, 0.15) is 16.7 Å². The predicted molar refractivity (Wildman–Crippen MR) is 108 cm³/mol. The van der Waals surface area contributed by atoms with Crippen LogP contribution >= 0.6 is 35.6 Å². The van der Waals surface area contributed by atoms with Gasteiger partial charge in [0.1, 0.15) is 5.15 Å². The molecule has 0 saturated heterocycles. The maximum absolute atomic E-state index is 12.5. The van der Waals surface area contributed by atoms with Crippen LogP contribution in [0.5, 0.6) is 0 Å². The van der Waals surface area contributed by atoms with E-state index in [1.165, 1.54) is 12.1 Å². The van der Waals surface area contributed by atoms with E-state index in [2.05, 4.69) is 20.6 Å². The normalized spacial score (nSPS) is 11.7. The van der Waals surface area contributed by atoms with Crippen molar-refractivity contribution in [3.8, 4) is 0 Å². The standard InChI is InChI=1S/C17H18ClF3N4.HI/c1-22-16(23-9-8-13-4-7-15(18)24-10-13)25-11-12-2-5-14(6-3-12)17(19,20)21;/h2-7,10H,8-9,11H2,1H3,(H2,22,23,25);1H. The molecule has 0 radical (unpaired) electrons. The molecule has 2 rings (SSSR count). The quantitative estimate of drug-likeness (QED) is 0.280. The second-order valence-corrected chi connectivity index (χ2v) is 5.67. The second kappa shape index (κ2) is 10.6. The number of hydrogen-bond donors (Lipinski definition) is 2. The van der Waals surface area contributed by atoms with E-state index >= 15 is 0 Å². The van der Waals surface area contributed by atoms with Crippen molar-refractivity contribution in [3.05, 3.63) is 64.4 Å². The third kappa shape index (κ3) is 7.36. The summed E-state index contributed by atoms with van der Waals surface area (Å²) in [4.78, 5) is 8.09. The Hall–Kier alpha value is -1.55. The van der Waals surface area contributed by atoms with Crippen molar-refractivity contribution in [2.75, 3.05) is 13.6 Å². The highest BCUT2D eigenvalue weighted by Gasteiger charge is 2.29. The Balaban J connectivity index is 0.00000338. The molecule has 2 N–H and O–H groups in total. The van der Waals surface area contributed by atoms with Crippen molar-refractivity contribution >= 4 is 41.5 Å². The van der Waals surface area contributed by atoms with E-state index in [0.29, 0.717) is 24.2 Å². The van der Waals surface area contributed by atoms with Crippen LogP contribution in [0.2, 0.25) is 5.15 Å². The van der Waals surface area contributed by atoms with Gasteiger partial charge in [-0.3, -0.25) is 4.99 Å². The third-order valence-corrected chi connectivity index (χ3v) is 3.68. The lowest BCUT2D eigenvalue weighted by Gasteiger charge is -2.12. The molecule has 0 saturated carbocycles. The minimum Gasteiger partial charge on any atom is -0.356 e. The Labute approximate surface area is 172 Å². The summed E-state index contributed by atoms with van der Waals surface area (Å²) in [7, 11) is 1.63. The van der Waals surface area contributed by atoms with E-state index in [0.717, 1.165) is 29.7 Å². The summed E-state index contributed by atoms with van der Waals surface area (Å²) in [6.45, 7) is 1.01. The summed E-state index contributed by atoms with van der Waals surface area (Å²) in [6, 6.07) is 8.66. The van der Waals surface area contributed by atoms with E-state index in [1.54, 1.807) is 19.3 Å². The van der Waals surface area contributed by atoms with Gasteiger partial charge in [-0.2, -0.15) is 13.2 Å². The number of benzene rings is 1. The minimum atomic E-state index is -4.32. The van der Waals surface area contributed by atoms with E-state index in [9.17, 15) is 13.2 Å². The van der Waals surface area contributed by atoms with Gasteiger partial charge in [0.15, 0.2) is 5.96 Å². The monoisotopic (exact) mass is 498 g/mol. The van der Waals surface area contributed by atoms with Crippen LogP contribution in [0, 0.1) is 0 Å². The van der Waals surface area contributed by atoms with Gasteiger partial charge in [0.2, 0.25) is 0 Å². The molecule has 1 aromatic carbocycles. The smallest absolute Gasteiger partial charge is 0.356 e. The van der Waals surface area contributed by atoms with Gasteiger partial charge < -0.3 is 10.6 Å². The first-order chi connectivity index (χ1) is 11.9. The van der Waals surface area contributed by atoms with Gasteiger partial charge >= 0.3 is 6.18 Å². The van der Waals surface area contributed by atoms with Crippen LogP contribution in [0.15, 0.2) is 47.6 Å². The largest absolute Gasteiger partial charge is 0.416 e. The summed E-state index contributed by atoms with van der Waals surface area (Å²) in [5, 5.41) is 6.65. The molecule has 1 aromatic heterocycles. The predicted octanol–water partition coefficient (Wildman–Crippen LogP) is 4.28. The number of aliphatic imine (C=N–C) groups is 1. The molecule has 0 amide bonds. The minimum absolute atomic E-state index is 0. The van der Waals surface area contributed by atoms with Gasteiger partial charge in [-0.25, -0.2) is 4.98 Å². The van der Waals surface area contributed by atoms with Crippen molar-refractivity contribution < 1.29 is 13.2 Å². The number of halogens is 5. The maximum atomic E-state index is 12.5. The first-order valence-corrected chi connectivity index (χ1v) is 7.97. The van der Waals surface area contributed by atoms with Gasteiger partial charge in [0.25, 0.3) is 0 Å². The number of nitrogens with zero attached hydrogens (tertiary/aromatic N) is 2. The number of guanidine groups is 1. The molecule has 0 aliphatic heterocycles. The summed E-state index contributed by atoms with van der Waals surface area (Å²) >= 11 is 5.73. The van der Waals surface area contributed by atoms with Crippen molar-refractivity contribution in [2.24, 2.45) is 4.99 Å². The number of pyridine rings is 1. The van der Waals surface area contributed by atoms with Crippen LogP contribution in [0.3, 0.4) is 0 Å². The lowest BCUT2D eigenvalue weighted by Crippen LogP contribution is -2.37. The van der Waals surface area contributed by atoms with Gasteiger partial charge in [0, 0.05) is 26.3 Å². The zero-order valence-corrected chi connectivity index (χ0v) is 17.1. The van der Waals surface area contributed by atoms with Crippen molar-refractivity contribution in [3.63, 3.8) is 0 Å². The highest BCUT2D eigenvalue weighted by molar-refractivity contribution is 14.0. The average Bonchev–Trinajstić information content (AvgIpc) is 2.59. The fourth-order valence-electron chi connectivity index (χ4n) is 2.10. The molecule has 0 aliphatic carbocycles. The number of rotatable bonds is 5. The molecule has 0 fully saturated rings. The molecule has 142 valence electrons. The summed E-state index contributed by atoms with van der Waals surface area (Å²) < 4.78 is 37.6. The summed E-state index contributed by atoms with van der Waals surface area (Å²) in [5.41, 5.74) is 1.11. The molecular formula is C17H19ClF3IN4. The van der Waals surface area contributed by atoms with Crippen LogP contribution in [0.25, 0.3) is 0 Å². The Bertz CT molecular complexity index is 703. The number of alkyl halides is 3. The first kappa shape index (κ1) is 22.5. The molecule has 1 heterocycles. The topological polar surface area (TPSA) is 49.3 Å². The van der Waals surface area contributed by atoms with Crippen LogP contribution in [-0.2, 0) is 19.1 Å². The molecule has 26 heavy (non-hydrogen) atoms. The first-order valence-electron chi connectivity index (χ1n) is 7.59. The molecular weight excluding hydrogens is 480 g/mol. The van der Waals surface area contributed by atoms with Gasteiger partial charge in [-0.1, -0.05) is 29.8 Å². The zero-order chi connectivity index (χ0) is 18.3. The molecule has 4 nitrogen and oxygen atoms in total. The molecule has 2 aromatic rings. The lowest BCUT2D eigenvalue weighted by molar-refractivity contribution is -0.137. The Morgan fingerprint density at radius 1 is 1.08 bits per heavy atom. The van der Waals surface area contributed by atoms with Crippen molar-refractivity contribution in [2.45, 2.75) is 19.1 Å². The SMILES string of the molecule is CN=C(NCCc1ccc(Cl)nc1)NCc1ccc(C(F)(F)F)cc1.I. The average molecular weight is 499 g/mol. The van der Waals surface area contributed by atoms with Crippen molar-refractivity contribution in [1.29, 1.82) is 0 Å². The highest BCUT2D eigenvalue weighted by atomic mass is 127. The fraction of sp³-hybridized carbons (Fsp3) is 0.294. The Kier molecular flexibility index (Phi) is 9.14. The lowest BCUT2D eigenvalue weighted by atomic mass is 10.1. The van der Waals surface area contributed by atoms with Crippen LogP contribution in [0.4, 0.5) is 13.2 Å². The second-order valence-electron chi connectivity index (χ2n) is 5.29. The molecule has 9 heteroatoms.